The third kappa shape index (κ3) is 4.53. The molecule has 0 radical (unpaired) electrons. The molecule has 3 aromatic rings. The summed E-state index contributed by atoms with van der Waals surface area (Å²) in [4.78, 5) is 39.3. The van der Waals surface area contributed by atoms with Crippen molar-refractivity contribution in [3.8, 4) is 17.2 Å². The number of hydrogen-bond acceptors (Lipinski definition) is 7. The van der Waals surface area contributed by atoms with Crippen LogP contribution in [0, 0.1) is 19.8 Å². The van der Waals surface area contributed by atoms with Crippen LogP contribution < -0.4 is 9.47 Å². The molecule has 0 saturated carbocycles. The van der Waals surface area contributed by atoms with Gasteiger partial charge in [0.15, 0.2) is 18.1 Å². The summed E-state index contributed by atoms with van der Waals surface area (Å²) in [6.45, 7) is 4.93. The lowest BCUT2D eigenvalue weighted by Gasteiger charge is -2.20. The van der Waals surface area contributed by atoms with Crippen molar-refractivity contribution in [3.63, 3.8) is 0 Å². The van der Waals surface area contributed by atoms with Crippen molar-refractivity contribution in [1.82, 2.24) is 9.47 Å². The number of esters is 1. The first kappa shape index (κ1) is 22.8. The van der Waals surface area contributed by atoms with Gasteiger partial charge in [0.05, 0.1) is 18.7 Å². The summed E-state index contributed by atoms with van der Waals surface area (Å²) in [5, 5.41) is 0. The predicted octanol–water partition coefficient (Wildman–Crippen LogP) is 3.23. The number of aryl methyl sites for hydroxylation is 1. The number of aromatic nitrogens is 1. The summed E-state index contributed by atoms with van der Waals surface area (Å²) in [7, 11) is 0. The summed E-state index contributed by atoms with van der Waals surface area (Å²) in [5.74, 6) is 0.416. The Hall–Kier alpha value is -4.01. The number of ether oxygens (including phenoxy) is 3. The molecule has 4 heterocycles. The fraction of sp³-hybridized carbons (Fsp3) is 0.346. The van der Waals surface area contributed by atoms with Crippen molar-refractivity contribution in [3.05, 3.63) is 65.4 Å². The Morgan fingerprint density at radius 2 is 1.89 bits per heavy atom. The predicted molar refractivity (Wildman–Crippen MR) is 124 cm³/mol. The molecule has 9 heteroatoms. The molecule has 1 aromatic carbocycles. The Balaban J connectivity index is 1.23. The first-order valence-corrected chi connectivity index (χ1v) is 11.5. The highest BCUT2D eigenvalue weighted by atomic mass is 16.6. The minimum Gasteiger partial charge on any atom is -0.486 e. The van der Waals surface area contributed by atoms with Crippen LogP contribution in [0.2, 0.25) is 0 Å². The summed E-state index contributed by atoms with van der Waals surface area (Å²) < 4.78 is 23.8. The fourth-order valence-electron chi connectivity index (χ4n) is 4.62. The van der Waals surface area contributed by atoms with Gasteiger partial charge in [0.1, 0.15) is 19.0 Å². The van der Waals surface area contributed by atoms with Crippen molar-refractivity contribution >= 4 is 17.7 Å². The van der Waals surface area contributed by atoms with E-state index in [1.807, 2.05) is 36.6 Å². The Kier molecular flexibility index (Phi) is 6.07. The number of ketones is 1. The van der Waals surface area contributed by atoms with Crippen molar-refractivity contribution in [2.45, 2.75) is 26.8 Å². The highest BCUT2D eigenvalue weighted by molar-refractivity contribution is 5.99. The molecule has 35 heavy (non-hydrogen) atoms. The lowest BCUT2D eigenvalue weighted by Crippen LogP contribution is -2.27. The van der Waals surface area contributed by atoms with Crippen LogP contribution in [0.5, 0.6) is 11.5 Å². The van der Waals surface area contributed by atoms with Crippen LogP contribution in [-0.4, -0.2) is 53.5 Å². The molecule has 1 saturated heterocycles. The van der Waals surface area contributed by atoms with Crippen molar-refractivity contribution in [2.75, 3.05) is 26.4 Å². The number of hydrogen-bond donors (Lipinski definition) is 0. The van der Waals surface area contributed by atoms with Gasteiger partial charge in [0.25, 0.3) is 0 Å². The maximum atomic E-state index is 12.9. The summed E-state index contributed by atoms with van der Waals surface area (Å²) in [6, 6.07) is 11.0. The van der Waals surface area contributed by atoms with Gasteiger partial charge in [-0.05, 0) is 44.2 Å². The van der Waals surface area contributed by atoms with Gasteiger partial charge in [0, 0.05) is 41.7 Å². The third-order valence-electron chi connectivity index (χ3n) is 6.34. The highest BCUT2D eigenvalue weighted by Gasteiger charge is 2.36. The Morgan fingerprint density at radius 3 is 2.66 bits per heavy atom. The maximum absolute atomic E-state index is 12.9. The molecule has 0 aliphatic carbocycles. The van der Waals surface area contributed by atoms with E-state index >= 15 is 0 Å². The molecule has 5 rings (SSSR count). The van der Waals surface area contributed by atoms with Gasteiger partial charge >= 0.3 is 5.97 Å². The Bertz CT molecular complexity index is 1280. The van der Waals surface area contributed by atoms with E-state index in [0.29, 0.717) is 42.6 Å². The largest absolute Gasteiger partial charge is 0.486 e. The average Bonchev–Trinajstić information content (AvgIpc) is 3.57. The van der Waals surface area contributed by atoms with Gasteiger partial charge in [-0.1, -0.05) is 0 Å². The minimum absolute atomic E-state index is 0.0619. The van der Waals surface area contributed by atoms with Crippen molar-refractivity contribution in [1.29, 1.82) is 0 Å². The van der Waals surface area contributed by atoms with Crippen LogP contribution in [-0.2, 0) is 20.9 Å². The molecule has 2 aliphatic heterocycles. The van der Waals surface area contributed by atoms with E-state index in [1.54, 1.807) is 23.1 Å². The minimum atomic E-state index is -0.601. The van der Waals surface area contributed by atoms with Crippen LogP contribution in [0.25, 0.3) is 5.69 Å². The number of furan rings is 1. The SMILES string of the molecule is Cc1cc(C(=O)COC(=O)[C@H]2CC(=O)N(Cc3ccco3)C2)c(C)n1-c1ccc2c(c1)OCCO2. The van der Waals surface area contributed by atoms with Gasteiger partial charge < -0.3 is 28.1 Å². The molecule has 1 atom stereocenters. The second-order valence-electron chi connectivity index (χ2n) is 8.73. The molecule has 2 aromatic heterocycles. The molecule has 0 bridgehead atoms. The lowest BCUT2D eigenvalue weighted by molar-refractivity contribution is -0.147. The second kappa shape index (κ2) is 9.32. The van der Waals surface area contributed by atoms with Crippen LogP contribution in [0.1, 0.15) is 33.9 Å². The van der Waals surface area contributed by atoms with Crippen LogP contribution in [0.15, 0.2) is 47.1 Å². The molecular weight excluding hydrogens is 452 g/mol. The number of rotatable bonds is 7. The van der Waals surface area contributed by atoms with E-state index in [0.717, 1.165) is 17.1 Å². The van der Waals surface area contributed by atoms with Gasteiger partial charge in [-0.25, -0.2) is 0 Å². The molecular formula is C26H26N2O7. The zero-order valence-corrected chi connectivity index (χ0v) is 19.6. The van der Waals surface area contributed by atoms with Gasteiger partial charge in [-0.15, -0.1) is 0 Å². The first-order valence-electron chi connectivity index (χ1n) is 11.5. The molecule has 1 fully saturated rings. The van der Waals surface area contributed by atoms with E-state index in [2.05, 4.69) is 0 Å². The Morgan fingerprint density at radius 1 is 1.09 bits per heavy atom. The topological polar surface area (TPSA) is 100 Å². The smallest absolute Gasteiger partial charge is 0.311 e. The molecule has 1 amide bonds. The number of likely N-dealkylation sites (tertiary alicyclic amines) is 1. The average molecular weight is 479 g/mol. The van der Waals surface area contributed by atoms with E-state index in [4.69, 9.17) is 18.6 Å². The van der Waals surface area contributed by atoms with Gasteiger partial charge in [0.2, 0.25) is 11.7 Å². The van der Waals surface area contributed by atoms with Crippen molar-refractivity contribution < 1.29 is 33.0 Å². The lowest BCUT2D eigenvalue weighted by atomic mass is 10.1. The van der Waals surface area contributed by atoms with Crippen LogP contribution in [0.3, 0.4) is 0 Å². The molecule has 0 unspecified atom stereocenters. The fourth-order valence-corrected chi connectivity index (χ4v) is 4.62. The van der Waals surface area contributed by atoms with Crippen molar-refractivity contribution in [2.24, 2.45) is 5.92 Å². The number of amides is 1. The molecule has 9 nitrogen and oxygen atoms in total. The maximum Gasteiger partial charge on any atom is 0.311 e. The summed E-state index contributed by atoms with van der Waals surface area (Å²) >= 11 is 0. The quantitative estimate of drug-likeness (QED) is 0.380. The number of carbonyl (C=O) groups excluding carboxylic acids is 3. The third-order valence-corrected chi connectivity index (χ3v) is 6.34. The highest BCUT2D eigenvalue weighted by Crippen LogP contribution is 2.33. The van der Waals surface area contributed by atoms with E-state index < -0.39 is 11.9 Å². The number of Topliss-reactive ketones (excluding diaryl/α,β-unsaturated/α-hetero) is 1. The van der Waals surface area contributed by atoms with E-state index in [9.17, 15) is 14.4 Å². The molecule has 182 valence electrons. The number of fused-ring (bicyclic) bond motifs is 1. The Labute approximate surface area is 202 Å². The number of benzene rings is 1. The van der Waals surface area contributed by atoms with E-state index in [-0.39, 0.29) is 31.3 Å². The number of nitrogens with zero attached hydrogens (tertiary/aromatic N) is 2. The van der Waals surface area contributed by atoms with Gasteiger partial charge in [-0.2, -0.15) is 0 Å². The van der Waals surface area contributed by atoms with Crippen LogP contribution >= 0.6 is 0 Å². The van der Waals surface area contributed by atoms with Gasteiger partial charge in [-0.3, -0.25) is 14.4 Å². The normalized spacial score (nSPS) is 17.0. The zero-order valence-electron chi connectivity index (χ0n) is 19.6. The zero-order chi connectivity index (χ0) is 24.5. The van der Waals surface area contributed by atoms with E-state index in [1.165, 1.54) is 6.26 Å². The van der Waals surface area contributed by atoms with Crippen LogP contribution in [0.4, 0.5) is 0 Å². The standard InChI is InChI=1S/C26H26N2O7/c1-16-10-21(17(2)28(16)19-5-6-23-24(12-19)34-9-8-33-23)22(29)15-35-26(31)18-11-25(30)27(13-18)14-20-4-3-7-32-20/h3-7,10,12,18H,8-9,11,13-15H2,1-2H3/t18-/m0/s1. The molecule has 0 spiro atoms. The summed E-state index contributed by atoms with van der Waals surface area (Å²) in [6.07, 6.45) is 1.60. The molecule has 0 N–H and O–H groups in total. The second-order valence-corrected chi connectivity index (χ2v) is 8.73. The number of carbonyl (C=O) groups is 3. The summed E-state index contributed by atoms with van der Waals surface area (Å²) in [5.41, 5.74) is 2.93. The first-order chi connectivity index (χ1) is 16.9. The molecule has 2 aliphatic rings. The monoisotopic (exact) mass is 478 g/mol.